The van der Waals surface area contributed by atoms with E-state index in [2.05, 4.69) is 67.8 Å². The van der Waals surface area contributed by atoms with Crippen LogP contribution in [-0.4, -0.2) is 16.9 Å². The van der Waals surface area contributed by atoms with Crippen molar-refractivity contribution in [2.24, 2.45) is 0 Å². The van der Waals surface area contributed by atoms with Gasteiger partial charge >= 0.3 is 5.97 Å². The Morgan fingerprint density at radius 3 is 2.32 bits per heavy atom. The summed E-state index contributed by atoms with van der Waals surface area (Å²) in [7, 11) is 0. The summed E-state index contributed by atoms with van der Waals surface area (Å²) >= 11 is 6.34. The van der Waals surface area contributed by atoms with E-state index in [1.54, 1.807) is 0 Å². The monoisotopic (exact) mass is 634 g/mol. The molecule has 7 heteroatoms. The van der Waals surface area contributed by atoms with Crippen LogP contribution in [0.4, 0.5) is 0 Å². The standard InChI is InChI=1S/C15H9I3O4/c1-7(19)9-6-8(2-5-12(9)20)22-15(21)13-10(16)3-4-11(17)14(13)18/h2-6,20H,1H3. The van der Waals surface area contributed by atoms with E-state index in [0.29, 0.717) is 5.56 Å². The molecule has 0 bridgehead atoms. The summed E-state index contributed by atoms with van der Waals surface area (Å²) in [6, 6.07) is 7.93. The van der Waals surface area contributed by atoms with Gasteiger partial charge in [0.25, 0.3) is 0 Å². The zero-order valence-corrected chi connectivity index (χ0v) is 17.7. The fourth-order valence-corrected chi connectivity index (χ4v) is 4.06. The molecular formula is C15H9I3O4. The zero-order valence-electron chi connectivity index (χ0n) is 11.2. The number of hydrogen-bond acceptors (Lipinski definition) is 4. The van der Waals surface area contributed by atoms with Gasteiger partial charge in [0.2, 0.25) is 0 Å². The topological polar surface area (TPSA) is 63.6 Å². The third-order valence-corrected chi connectivity index (χ3v) is 6.76. The summed E-state index contributed by atoms with van der Waals surface area (Å²) in [5.74, 6) is -0.703. The number of benzene rings is 2. The number of esters is 1. The first-order valence-corrected chi connectivity index (χ1v) is 9.24. The molecule has 2 rings (SSSR count). The maximum atomic E-state index is 12.4. The van der Waals surface area contributed by atoms with E-state index in [9.17, 15) is 14.7 Å². The molecule has 1 N–H and O–H groups in total. The van der Waals surface area contributed by atoms with Crippen LogP contribution in [0.2, 0.25) is 0 Å². The van der Waals surface area contributed by atoms with Gasteiger partial charge in [-0.3, -0.25) is 4.79 Å². The van der Waals surface area contributed by atoms with Crippen LogP contribution in [0.15, 0.2) is 30.3 Å². The lowest BCUT2D eigenvalue weighted by Gasteiger charge is -2.10. The SMILES string of the molecule is CC(=O)c1cc(OC(=O)c2c(I)ccc(I)c2I)ccc1O. The lowest BCUT2D eigenvalue weighted by atomic mass is 10.1. The van der Waals surface area contributed by atoms with Gasteiger partial charge in [-0.25, -0.2) is 4.79 Å². The maximum Gasteiger partial charge on any atom is 0.345 e. The molecule has 22 heavy (non-hydrogen) atoms. The molecule has 2 aromatic carbocycles. The number of hydrogen-bond donors (Lipinski definition) is 1. The minimum atomic E-state index is -0.493. The first kappa shape index (κ1) is 17.9. The Kier molecular flexibility index (Phi) is 6.05. The molecular weight excluding hydrogens is 625 g/mol. The third-order valence-electron chi connectivity index (χ3n) is 2.81. The van der Waals surface area contributed by atoms with Crippen LogP contribution >= 0.6 is 67.8 Å². The highest BCUT2D eigenvalue weighted by Gasteiger charge is 2.19. The van der Waals surface area contributed by atoms with Gasteiger partial charge in [0.1, 0.15) is 11.5 Å². The predicted octanol–water partition coefficient (Wildman–Crippen LogP) is 4.63. The van der Waals surface area contributed by atoms with E-state index < -0.39 is 5.97 Å². The first-order chi connectivity index (χ1) is 10.3. The van der Waals surface area contributed by atoms with Gasteiger partial charge in [0.05, 0.1) is 11.1 Å². The van der Waals surface area contributed by atoms with Crippen LogP contribution in [0.25, 0.3) is 0 Å². The van der Waals surface area contributed by atoms with Crippen molar-refractivity contribution in [2.75, 3.05) is 0 Å². The van der Waals surface area contributed by atoms with Crippen molar-refractivity contribution >= 4 is 79.5 Å². The minimum absolute atomic E-state index is 0.123. The fourth-order valence-electron chi connectivity index (χ4n) is 1.73. The van der Waals surface area contributed by atoms with Gasteiger partial charge in [-0.05, 0) is 105 Å². The Bertz CT molecular complexity index is 772. The second-order valence-corrected chi connectivity index (χ2v) is 7.75. The number of ether oxygens (including phenoxy) is 1. The third kappa shape index (κ3) is 3.91. The largest absolute Gasteiger partial charge is 0.507 e. The Hall–Kier alpha value is -0.430. The molecule has 0 aliphatic rings. The van der Waals surface area contributed by atoms with Crippen molar-refractivity contribution < 1.29 is 19.4 Å². The van der Waals surface area contributed by atoms with Crippen molar-refractivity contribution in [1.29, 1.82) is 0 Å². The minimum Gasteiger partial charge on any atom is -0.507 e. The van der Waals surface area contributed by atoms with Crippen molar-refractivity contribution in [3.8, 4) is 11.5 Å². The molecule has 0 unspecified atom stereocenters. The summed E-state index contributed by atoms with van der Waals surface area (Å²) in [4.78, 5) is 23.8. The predicted molar refractivity (Wildman–Crippen MR) is 108 cm³/mol. The highest BCUT2D eigenvalue weighted by atomic mass is 127. The summed E-state index contributed by atoms with van der Waals surface area (Å²) in [5.41, 5.74) is 0.614. The molecule has 0 atom stereocenters. The molecule has 0 aromatic heterocycles. The number of carbonyl (C=O) groups excluding carboxylic acids is 2. The van der Waals surface area contributed by atoms with E-state index in [0.717, 1.165) is 10.7 Å². The van der Waals surface area contributed by atoms with Gasteiger partial charge < -0.3 is 9.84 Å². The van der Waals surface area contributed by atoms with Gasteiger partial charge in [-0.1, -0.05) is 0 Å². The van der Waals surface area contributed by atoms with Crippen molar-refractivity contribution in [3.63, 3.8) is 0 Å². The summed E-state index contributed by atoms with van der Waals surface area (Å²) in [5, 5.41) is 9.62. The molecule has 114 valence electrons. The van der Waals surface area contributed by atoms with Crippen LogP contribution < -0.4 is 4.74 Å². The van der Waals surface area contributed by atoms with Gasteiger partial charge in [0, 0.05) is 10.7 Å². The number of ketones is 1. The van der Waals surface area contributed by atoms with Crippen LogP contribution in [-0.2, 0) is 0 Å². The molecule has 0 saturated heterocycles. The second kappa shape index (κ2) is 7.43. The van der Waals surface area contributed by atoms with Crippen LogP contribution in [0.5, 0.6) is 11.5 Å². The maximum absolute atomic E-state index is 12.4. The average Bonchev–Trinajstić information content (AvgIpc) is 2.45. The number of phenolic OH excluding ortho intramolecular Hbond substituents is 1. The molecule has 0 fully saturated rings. The molecule has 0 heterocycles. The van der Waals surface area contributed by atoms with Crippen molar-refractivity contribution in [1.82, 2.24) is 0 Å². The molecule has 0 saturated carbocycles. The molecule has 0 aliphatic heterocycles. The van der Waals surface area contributed by atoms with E-state index in [1.807, 2.05) is 12.1 Å². The Labute approximate surface area is 168 Å². The van der Waals surface area contributed by atoms with E-state index in [-0.39, 0.29) is 22.8 Å². The number of Topliss-reactive ketones (excluding diaryl/α,β-unsaturated/α-hetero) is 1. The van der Waals surface area contributed by atoms with Gasteiger partial charge in [-0.15, -0.1) is 0 Å². The number of aromatic hydroxyl groups is 1. The van der Waals surface area contributed by atoms with Crippen molar-refractivity contribution in [3.05, 3.63) is 52.2 Å². The lowest BCUT2D eigenvalue weighted by molar-refractivity contribution is 0.0731. The number of phenols is 1. The molecule has 0 amide bonds. The fraction of sp³-hybridized carbons (Fsp3) is 0.0667. The van der Waals surface area contributed by atoms with Crippen LogP contribution in [0.1, 0.15) is 27.6 Å². The molecule has 4 nitrogen and oxygen atoms in total. The summed E-state index contributed by atoms with van der Waals surface area (Å²) in [6.45, 7) is 1.34. The van der Waals surface area contributed by atoms with Crippen LogP contribution in [0.3, 0.4) is 0 Å². The molecule has 0 aliphatic carbocycles. The van der Waals surface area contributed by atoms with E-state index in [4.69, 9.17) is 4.74 Å². The first-order valence-electron chi connectivity index (χ1n) is 6.01. The van der Waals surface area contributed by atoms with E-state index in [1.165, 1.54) is 25.1 Å². The highest BCUT2D eigenvalue weighted by Crippen LogP contribution is 2.27. The smallest absolute Gasteiger partial charge is 0.345 e. The second-order valence-electron chi connectivity index (χ2n) is 4.34. The van der Waals surface area contributed by atoms with Crippen LogP contribution in [0, 0.1) is 10.7 Å². The number of halogens is 3. The normalized spacial score (nSPS) is 10.4. The number of carbonyl (C=O) groups is 2. The quantitative estimate of drug-likeness (QED) is 0.176. The molecule has 0 radical (unpaired) electrons. The lowest BCUT2D eigenvalue weighted by Crippen LogP contribution is -2.13. The van der Waals surface area contributed by atoms with Crippen molar-refractivity contribution in [2.45, 2.75) is 6.92 Å². The molecule has 2 aromatic rings. The number of rotatable bonds is 3. The van der Waals surface area contributed by atoms with E-state index >= 15 is 0 Å². The summed E-state index contributed by atoms with van der Waals surface area (Å²) in [6.07, 6.45) is 0. The highest BCUT2D eigenvalue weighted by molar-refractivity contribution is 14.1. The summed E-state index contributed by atoms with van der Waals surface area (Å²) < 4.78 is 7.92. The Morgan fingerprint density at radius 2 is 1.68 bits per heavy atom. The zero-order chi connectivity index (χ0) is 16.4. The average molecular weight is 634 g/mol. The molecule has 0 spiro atoms. The van der Waals surface area contributed by atoms with Gasteiger partial charge in [-0.2, -0.15) is 0 Å². The Morgan fingerprint density at radius 1 is 1.05 bits per heavy atom. The Balaban J connectivity index is 2.36. The van der Waals surface area contributed by atoms with Gasteiger partial charge in [0.15, 0.2) is 5.78 Å².